The molecule has 106 valence electrons. The van der Waals surface area contributed by atoms with Crippen LogP contribution in [0.1, 0.15) is 23.0 Å². The van der Waals surface area contributed by atoms with Crippen molar-refractivity contribution in [2.45, 2.75) is 18.7 Å². The fourth-order valence-corrected chi connectivity index (χ4v) is 3.75. The first kappa shape index (κ1) is 14.7. The van der Waals surface area contributed by atoms with Crippen molar-refractivity contribution in [1.29, 1.82) is 0 Å². The molecule has 0 bridgehead atoms. The van der Waals surface area contributed by atoms with Gasteiger partial charge >= 0.3 is 0 Å². The maximum absolute atomic E-state index is 12.4. The minimum absolute atomic E-state index is 0.0992. The maximum atomic E-state index is 12.4. The van der Waals surface area contributed by atoms with Gasteiger partial charge in [-0.05, 0) is 26.0 Å². The van der Waals surface area contributed by atoms with Gasteiger partial charge in [-0.3, -0.25) is 4.79 Å². The Kier molecular flexibility index (Phi) is 3.92. The molecule has 1 heterocycles. The molecule has 2 rings (SSSR count). The molecule has 2 aromatic rings. The SMILES string of the molecule is CC(=O)c1ccc(S(=O)(=O)N(C)c2nc(C)cs2)cc1. The van der Waals surface area contributed by atoms with Crippen LogP contribution in [0.5, 0.6) is 0 Å². The Bertz CT molecular complexity index is 733. The second-order valence-electron chi connectivity index (χ2n) is 4.32. The Hall–Kier alpha value is -1.73. The molecule has 0 saturated heterocycles. The third-order valence-corrected chi connectivity index (χ3v) is 5.71. The summed E-state index contributed by atoms with van der Waals surface area (Å²) in [7, 11) is -2.19. The summed E-state index contributed by atoms with van der Waals surface area (Å²) in [4.78, 5) is 15.5. The van der Waals surface area contributed by atoms with Crippen LogP contribution in [0.3, 0.4) is 0 Å². The lowest BCUT2D eigenvalue weighted by Gasteiger charge is -2.16. The highest BCUT2D eigenvalue weighted by atomic mass is 32.2. The van der Waals surface area contributed by atoms with Crippen molar-refractivity contribution in [1.82, 2.24) is 4.98 Å². The molecule has 5 nitrogen and oxygen atoms in total. The van der Waals surface area contributed by atoms with Crippen molar-refractivity contribution in [3.8, 4) is 0 Å². The molecule has 1 aromatic carbocycles. The van der Waals surface area contributed by atoms with Crippen molar-refractivity contribution in [3.63, 3.8) is 0 Å². The largest absolute Gasteiger partial charge is 0.295 e. The van der Waals surface area contributed by atoms with Crippen molar-refractivity contribution in [3.05, 3.63) is 40.9 Å². The topological polar surface area (TPSA) is 67.3 Å². The second kappa shape index (κ2) is 5.34. The van der Waals surface area contributed by atoms with Gasteiger partial charge in [0.05, 0.1) is 10.6 Å². The molecule has 0 aliphatic heterocycles. The van der Waals surface area contributed by atoms with E-state index in [4.69, 9.17) is 0 Å². The Labute approximate surface area is 121 Å². The number of aromatic nitrogens is 1. The molecule has 0 spiro atoms. The average Bonchev–Trinajstić information content (AvgIpc) is 2.84. The van der Waals surface area contributed by atoms with Gasteiger partial charge in [0.15, 0.2) is 10.9 Å². The van der Waals surface area contributed by atoms with E-state index >= 15 is 0 Å². The fourth-order valence-electron chi connectivity index (χ4n) is 1.61. The quantitative estimate of drug-likeness (QED) is 0.814. The molecule has 0 N–H and O–H groups in total. The molecule has 20 heavy (non-hydrogen) atoms. The predicted molar refractivity (Wildman–Crippen MR) is 78.9 cm³/mol. The molecule has 0 radical (unpaired) electrons. The normalized spacial score (nSPS) is 11.3. The third kappa shape index (κ3) is 2.73. The number of rotatable bonds is 4. The molecule has 0 atom stereocenters. The first-order valence-corrected chi connectivity index (χ1v) is 8.16. The number of benzene rings is 1. The molecule has 0 unspecified atom stereocenters. The number of aryl methyl sites for hydroxylation is 1. The standard InChI is InChI=1S/C13H14N2O3S2/c1-9-8-19-13(14-9)15(3)20(17,18)12-6-4-11(5-7-12)10(2)16/h4-8H,1-3H3. The number of thiazole rings is 1. The minimum Gasteiger partial charge on any atom is -0.295 e. The molecule has 0 aliphatic carbocycles. The summed E-state index contributed by atoms with van der Waals surface area (Å²) >= 11 is 1.27. The van der Waals surface area contributed by atoms with Gasteiger partial charge in [0, 0.05) is 18.0 Å². The fraction of sp³-hybridized carbons (Fsp3) is 0.231. The van der Waals surface area contributed by atoms with Gasteiger partial charge in [-0.1, -0.05) is 12.1 Å². The Balaban J connectivity index is 2.37. The first-order chi connectivity index (χ1) is 9.32. The summed E-state index contributed by atoms with van der Waals surface area (Å²) in [5.74, 6) is -0.0992. The molecule has 7 heteroatoms. The van der Waals surface area contributed by atoms with Gasteiger partial charge in [-0.25, -0.2) is 17.7 Å². The highest BCUT2D eigenvalue weighted by Crippen LogP contribution is 2.25. The predicted octanol–water partition coefficient (Wildman–Crippen LogP) is 2.48. The number of anilines is 1. The Morgan fingerprint density at radius 1 is 1.25 bits per heavy atom. The van der Waals surface area contributed by atoms with Crippen LogP contribution in [0.25, 0.3) is 0 Å². The van der Waals surface area contributed by atoms with Crippen molar-refractivity contribution in [2.75, 3.05) is 11.4 Å². The van der Waals surface area contributed by atoms with Gasteiger partial charge in [-0.15, -0.1) is 11.3 Å². The first-order valence-electron chi connectivity index (χ1n) is 5.84. The van der Waals surface area contributed by atoms with E-state index in [1.54, 1.807) is 5.38 Å². The lowest BCUT2D eigenvalue weighted by atomic mass is 10.2. The summed E-state index contributed by atoms with van der Waals surface area (Å²) < 4.78 is 26.0. The van der Waals surface area contributed by atoms with Gasteiger partial charge in [0.25, 0.3) is 10.0 Å². The van der Waals surface area contributed by atoms with E-state index in [0.29, 0.717) is 10.7 Å². The van der Waals surface area contributed by atoms with Crippen molar-refractivity contribution >= 4 is 32.3 Å². The number of nitrogens with zero attached hydrogens (tertiary/aromatic N) is 2. The molecule has 0 amide bonds. The number of carbonyl (C=O) groups is 1. The monoisotopic (exact) mass is 310 g/mol. The molecular formula is C13H14N2O3S2. The lowest BCUT2D eigenvalue weighted by molar-refractivity contribution is 0.101. The van der Waals surface area contributed by atoms with Gasteiger partial charge in [-0.2, -0.15) is 0 Å². The summed E-state index contributed by atoms with van der Waals surface area (Å²) in [5.41, 5.74) is 1.26. The highest BCUT2D eigenvalue weighted by molar-refractivity contribution is 7.93. The van der Waals surface area contributed by atoms with E-state index in [0.717, 1.165) is 10.00 Å². The van der Waals surface area contributed by atoms with Crippen LogP contribution < -0.4 is 4.31 Å². The van der Waals surface area contributed by atoms with Crippen LogP contribution in [0.15, 0.2) is 34.5 Å². The Morgan fingerprint density at radius 2 is 1.85 bits per heavy atom. The van der Waals surface area contributed by atoms with E-state index in [9.17, 15) is 13.2 Å². The molecular weight excluding hydrogens is 296 g/mol. The summed E-state index contributed by atoms with van der Waals surface area (Å²) in [6.07, 6.45) is 0. The summed E-state index contributed by atoms with van der Waals surface area (Å²) in [6.45, 7) is 3.25. The second-order valence-corrected chi connectivity index (χ2v) is 7.13. The van der Waals surface area contributed by atoms with E-state index in [-0.39, 0.29) is 10.7 Å². The van der Waals surface area contributed by atoms with Crippen molar-refractivity contribution < 1.29 is 13.2 Å². The minimum atomic E-state index is -3.65. The molecule has 0 aliphatic rings. The van der Waals surface area contributed by atoms with Gasteiger partial charge < -0.3 is 0 Å². The molecule has 1 aromatic heterocycles. The zero-order valence-electron chi connectivity index (χ0n) is 11.3. The van der Waals surface area contributed by atoms with Crippen LogP contribution in [0.2, 0.25) is 0 Å². The van der Waals surface area contributed by atoms with E-state index < -0.39 is 10.0 Å². The number of sulfonamides is 1. The summed E-state index contributed by atoms with van der Waals surface area (Å²) in [6, 6.07) is 5.89. The van der Waals surface area contributed by atoms with E-state index in [1.165, 1.54) is 49.6 Å². The number of carbonyl (C=O) groups excluding carboxylic acids is 1. The average molecular weight is 310 g/mol. The molecule has 0 fully saturated rings. The van der Waals surface area contributed by atoms with Crippen LogP contribution >= 0.6 is 11.3 Å². The zero-order chi connectivity index (χ0) is 14.9. The van der Waals surface area contributed by atoms with Crippen LogP contribution in [0, 0.1) is 6.92 Å². The Morgan fingerprint density at radius 3 is 2.30 bits per heavy atom. The van der Waals surface area contributed by atoms with Crippen LogP contribution in [-0.2, 0) is 10.0 Å². The maximum Gasteiger partial charge on any atom is 0.265 e. The zero-order valence-corrected chi connectivity index (χ0v) is 13.0. The smallest absolute Gasteiger partial charge is 0.265 e. The van der Waals surface area contributed by atoms with Gasteiger partial charge in [0.1, 0.15) is 0 Å². The summed E-state index contributed by atoms with van der Waals surface area (Å²) in [5, 5.41) is 2.21. The lowest BCUT2D eigenvalue weighted by Crippen LogP contribution is -2.26. The van der Waals surface area contributed by atoms with Crippen molar-refractivity contribution in [2.24, 2.45) is 0 Å². The van der Waals surface area contributed by atoms with Crippen LogP contribution in [-0.4, -0.2) is 26.2 Å². The molecule has 0 saturated carbocycles. The van der Waals surface area contributed by atoms with E-state index in [2.05, 4.69) is 4.98 Å². The van der Waals surface area contributed by atoms with Crippen LogP contribution in [0.4, 0.5) is 5.13 Å². The van der Waals surface area contributed by atoms with E-state index in [1.807, 2.05) is 6.92 Å². The number of hydrogen-bond acceptors (Lipinski definition) is 5. The third-order valence-electron chi connectivity index (χ3n) is 2.80. The number of ketones is 1. The highest BCUT2D eigenvalue weighted by Gasteiger charge is 2.23. The van der Waals surface area contributed by atoms with Gasteiger partial charge in [0.2, 0.25) is 0 Å². The number of Topliss-reactive ketones (excluding diaryl/α,β-unsaturated/α-hetero) is 1. The number of hydrogen-bond donors (Lipinski definition) is 0.